The van der Waals surface area contributed by atoms with E-state index in [0.29, 0.717) is 23.8 Å². The largest absolute Gasteiger partial charge is 0.414 e. The molecule has 0 atom stereocenters. The van der Waals surface area contributed by atoms with Crippen LogP contribution in [-0.2, 0) is 13.1 Å². The third-order valence-electron chi connectivity index (χ3n) is 4.33. The van der Waals surface area contributed by atoms with Crippen molar-refractivity contribution in [2.75, 3.05) is 31.1 Å². The molecular formula is C17H20N6OS2. The fraction of sp³-hybridized carbons (Fsp3) is 0.412. The standard InChI is InChI=1S/C17H20N6OS2/c1-13-19-14(11-26-13)10-16-20-23(17(25)24-16)12-21-6-8-22(9-7-21)15-4-2-3-5-18-15/h2-5,11H,6-10,12H2,1H3. The zero-order valence-corrected chi connectivity index (χ0v) is 16.2. The Labute approximate surface area is 160 Å². The van der Waals surface area contributed by atoms with Crippen LogP contribution in [0.1, 0.15) is 16.6 Å². The smallest absolute Gasteiger partial charge is 0.288 e. The summed E-state index contributed by atoms with van der Waals surface area (Å²) in [6.07, 6.45) is 2.41. The average Bonchev–Trinajstić information content (AvgIpc) is 3.22. The van der Waals surface area contributed by atoms with Crippen LogP contribution in [0.4, 0.5) is 5.82 Å². The van der Waals surface area contributed by atoms with Crippen molar-refractivity contribution in [2.45, 2.75) is 20.0 Å². The molecule has 0 saturated carbocycles. The molecule has 9 heteroatoms. The summed E-state index contributed by atoms with van der Waals surface area (Å²) in [5, 5.41) is 7.61. The molecule has 1 aliphatic rings. The normalized spacial score (nSPS) is 15.5. The average molecular weight is 389 g/mol. The van der Waals surface area contributed by atoms with E-state index < -0.39 is 0 Å². The molecule has 1 aliphatic heterocycles. The molecule has 26 heavy (non-hydrogen) atoms. The summed E-state index contributed by atoms with van der Waals surface area (Å²) in [6, 6.07) is 6.02. The van der Waals surface area contributed by atoms with Crippen LogP contribution in [0.25, 0.3) is 0 Å². The molecule has 0 aliphatic carbocycles. The molecule has 1 fully saturated rings. The summed E-state index contributed by atoms with van der Waals surface area (Å²) >= 11 is 6.96. The Morgan fingerprint density at radius 3 is 2.77 bits per heavy atom. The van der Waals surface area contributed by atoms with Gasteiger partial charge in [0.15, 0.2) is 0 Å². The van der Waals surface area contributed by atoms with Crippen LogP contribution in [0.3, 0.4) is 0 Å². The van der Waals surface area contributed by atoms with Crippen molar-refractivity contribution in [3.8, 4) is 0 Å². The van der Waals surface area contributed by atoms with Crippen molar-refractivity contribution in [1.29, 1.82) is 0 Å². The van der Waals surface area contributed by atoms with Crippen molar-refractivity contribution < 1.29 is 4.42 Å². The number of nitrogens with zero attached hydrogens (tertiary/aromatic N) is 6. The minimum Gasteiger partial charge on any atom is -0.414 e. The summed E-state index contributed by atoms with van der Waals surface area (Å²) in [4.78, 5) is 13.9. The van der Waals surface area contributed by atoms with Gasteiger partial charge in [-0.25, -0.2) is 14.6 Å². The van der Waals surface area contributed by atoms with Crippen LogP contribution >= 0.6 is 23.6 Å². The van der Waals surface area contributed by atoms with E-state index in [-0.39, 0.29) is 0 Å². The van der Waals surface area contributed by atoms with Crippen molar-refractivity contribution in [2.24, 2.45) is 0 Å². The van der Waals surface area contributed by atoms with Crippen molar-refractivity contribution in [3.63, 3.8) is 0 Å². The number of pyridine rings is 1. The Kier molecular flexibility index (Phi) is 5.09. The predicted octanol–water partition coefficient (Wildman–Crippen LogP) is 2.74. The van der Waals surface area contributed by atoms with Crippen LogP contribution in [0.2, 0.25) is 0 Å². The number of rotatable bonds is 5. The quantitative estimate of drug-likeness (QED) is 0.623. The first-order chi connectivity index (χ1) is 12.7. The first-order valence-electron chi connectivity index (χ1n) is 8.53. The molecule has 0 N–H and O–H groups in total. The molecule has 3 aromatic heterocycles. The Morgan fingerprint density at radius 1 is 1.23 bits per heavy atom. The second kappa shape index (κ2) is 7.65. The fourth-order valence-electron chi connectivity index (χ4n) is 3.00. The first-order valence-corrected chi connectivity index (χ1v) is 9.82. The first kappa shape index (κ1) is 17.3. The maximum Gasteiger partial charge on any atom is 0.288 e. The molecule has 0 unspecified atom stereocenters. The zero-order valence-electron chi connectivity index (χ0n) is 14.5. The number of hydrogen-bond donors (Lipinski definition) is 0. The van der Waals surface area contributed by atoms with E-state index in [1.807, 2.05) is 30.6 Å². The Balaban J connectivity index is 1.35. The lowest BCUT2D eigenvalue weighted by Gasteiger charge is -2.34. The van der Waals surface area contributed by atoms with Gasteiger partial charge in [-0.15, -0.1) is 16.4 Å². The molecule has 4 rings (SSSR count). The van der Waals surface area contributed by atoms with Crippen molar-refractivity contribution in [3.05, 3.63) is 51.2 Å². The van der Waals surface area contributed by atoms with E-state index in [1.54, 1.807) is 16.0 Å². The maximum absolute atomic E-state index is 5.64. The molecule has 136 valence electrons. The number of aryl methyl sites for hydroxylation is 1. The molecule has 0 aromatic carbocycles. The van der Waals surface area contributed by atoms with Gasteiger partial charge in [-0.05, 0) is 31.3 Å². The molecule has 7 nitrogen and oxygen atoms in total. The van der Waals surface area contributed by atoms with E-state index in [0.717, 1.165) is 42.7 Å². The van der Waals surface area contributed by atoms with E-state index in [2.05, 4.69) is 30.9 Å². The number of thiazole rings is 1. The molecule has 0 spiro atoms. The number of hydrogen-bond acceptors (Lipinski definition) is 8. The molecule has 0 bridgehead atoms. The van der Waals surface area contributed by atoms with Crippen LogP contribution < -0.4 is 4.90 Å². The lowest BCUT2D eigenvalue weighted by Crippen LogP contribution is -2.47. The Bertz CT molecular complexity index is 911. The van der Waals surface area contributed by atoms with Gasteiger partial charge in [0.25, 0.3) is 4.84 Å². The summed E-state index contributed by atoms with van der Waals surface area (Å²) < 4.78 is 7.41. The van der Waals surface area contributed by atoms with Crippen LogP contribution in [0.15, 0.2) is 34.2 Å². The Hall–Kier alpha value is -2.10. The minimum atomic E-state index is 0.416. The molecular weight excluding hydrogens is 368 g/mol. The molecule has 1 saturated heterocycles. The monoisotopic (exact) mass is 388 g/mol. The van der Waals surface area contributed by atoms with E-state index in [1.165, 1.54) is 0 Å². The van der Waals surface area contributed by atoms with Crippen LogP contribution in [-0.4, -0.2) is 50.8 Å². The minimum absolute atomic E-state index is 0.416. The summed E-state index contributed by atoms with van der Waals surface area (Å²) in [6.45, 7) is 6.39. The lowest BCUT2D eigenvalue weighted by atomic mass is 10.3. The highest BCUT2D eigenvalue weighted by Crippen LogP contribution is 2.15. The molecule has 3 aromatic rings. The van der Waals surface area contributed by atoms with Gasteiger partial charge in [-0.3, -0.25) is 4.90 Å². The van der Waals surface area contributed by atoms with E-state index in [4.69, 9.17) is 16.6 Å². The maximum atomic E-state index is 5.64. The summed E-state index contributed by atoms with van der Waals surface area (Å²) in [7, 11) is 0. The Morgan fingerprint density at radius 2 is 2.08 bits per heavy atom. The third kappa shape index (κ3) is 4.00. The van der Waals surface area contributed by atoms with E-state index >= 15 is 0 Å². The van der Waals surface area contributed by atoms with Gasteiger partial charge in [0.1, 0.15) is 5.82 Å². The van der Waals surface area contributed by atoms with Gasteiger partial charge in [-0.1, -0.05) is 6.07 Å². The second-order valence-corrected chi connectivity index (χ2v) is 7.64. The fourth-order valence-corrected chi connectivity index (χ4v) is 3.81. The number of piperazine rings is 1. The number of aromatic nitrogens is 4. The summed E-state index contributed by atoms with van der Waals surface area (Å²) in [5.74, 6) is 1.65. The van der Waals surface area contributed by atoms with Crippen molar-refractivity contribution in [1.82, 2.24) is 24.6 Å². The van der Waals surface area contributed by atoms with Gasteiger partial charge in [0.05, 0.1) is 23.8 Å². The summed E-state index contributed by atoms with van der Waals surface area (Å²) in [5.41, 5.74) is 0.972. The SMILES string of the molecule is Cc1nc(Cc2nn(CN3CCN(c4ccccn4)CC3)c(=S)o2)cs1. The van der Waals surface area contributed by atoms with Gasteiger partial charge in [-0.2, -0.15) is 0 Å². The van der Waals surface area contributed by atoms with Gasteiger partial charge in [0.2, 0.25) is 5.89 Å². The zero-order chi connectivity index (χ0) is 17.9. The lowest BCUT2D eigenvalue weighted by molar-refractivity contribution is 0.192. The number of anilines is 1. The highest BCUT2D eigenvalue weighted by atomic mass is 32.1. The van der Waals surface area contributed by atoms with Gasteiger partial charge < -0.3 is 9.32 Å². The van der Waals surface area contributed by atoms with Gasteiger partial charge in [0, 0.05) is 37.8 Å². The topological polar surface area (TPSA) is 63.2 Å². The highest BCUT2D eigenvalue weighted by Gasteiger charge is 2.19. The highest BCUT2D eigenvalue weighted by molar-refractivity contribution is 7.71. The van der Waals surface area contributed by atoms with Gasteiger partial charge >= 0.3 is 0 Å². The molecule has 0 amide bonds. The second-order valence-electron chi connectivity index (χ2n) is 6.23. The molecule has 0 radical (unpaired) electrons. The molecule has 4 heterocycles. The third-order valence-corrected chi connectivity index (χ3v) is 5.44. The predicted molar refractivity (Wildman–Crippen MR) is 103 cm³/mol. The van der Waals surface area contributed by atoms with Crippen molar-refractivity contribution >= 4 is 29.4 Å². The van der Waals surface area contributed by atoms with Crippen LogP contribution in [0.5, 0.6) is 0 Å². The van der Waals surface area contributed by atoms with E-state index in [9.17, 15) is 0 Å². The van der Waals surface area contributed by atoms with Crippen LogP contribution in [0, 0.1) is 11.8 Å².